The van der Waals surface area contributed by atoms with Gasteiger partial charge in [0.05, 0.1) is 11.4 Å². The lowest BCUT2D eigenvalue weighted by Crippen LogP contribution is -2.05. The van der Waals surface area contributed by atoms with Crippen molar-refractivity contribution in [3.8, 4) is 33.6 Å². The molecule has 0 saturated heterocycles. The summed E-state index contributed by atoms with van der Waals surface area (Å²) < 4.78 is 0. The van der Waals surface area contributed by atoms with Crippen molar-refractivity contribution >= 4 is 11.0 Å². The summed E-state index contributed by atoms with van der Waals surface area (Å²) in [5.41, 5.74) is 8.78. The zero-order valence-corrected chi connectivity index (χ0v) is 17.4. The van der Waals surface area contributed by atoms with Gasteiger partial charge in [0.2, 0.25) is 0 Å². The normalized spacial score (nSPS) is 11.2. The van der Waals surface area contributed by atoms with Gasteiger partial charge in [-0.1, -0.05) is 6.07 Å². The Morgan fingerprint density at radius 2 is 1.65 bits per heavy atom. The predicted molar refractivity (Wildman–Crippen MR) is 123 cm³/mol. The summed E-state index contributed by atoms with van der Waals surface area (Å²) in [6.07, 6.45) is 9.44. The summed E-state index contributed by atoms with van der Waals surface area (Å²) in [6, 6.07) is 14.4. The number of hydrogen-bond acceptors (Lipinski definition) is 5. The third kappa shape index (κ3) is 3.81. The second kappa shape index (κ2) is 8.08. The molecule has 0 amide bonds. The summed E-state index contributed by atoms with van der Waals surface area (Å²) in [4.78, 5) is 21.6. The molecular weight excluding hydrogens is 384 g/mol. The van der Waals surface area contributed by atoms with Crippen LogP contribution in [0.1, 0.15) is 11.3 Å². The van der Waals surface area contributed by atoms with E-state index >= 15 is 0 Å². The molecule has 2 N–H and O–H groups in total. The average Bonchev–Trinajstić information content (AvgIpc) is 3.28. The van der Waals surface area contributed by atoms with Gasteiger partial charge in [0.15, 0.2) is 0 Å². The van der Waals surface area contributed by atoms with E-state index in [9.17, 15) is 0 Å². The van der Waals surface area contributed by atoms with Gasteiger partial charge in [0, 0.05) is 65.3 Å². The largest absolute Gasteiger partial charge is 0.346 e. The van der Waals surface area contributed by atoms with Gasteiger partial charge in [-0.2, -0.15) is 0 Å². The van der Waals surface area contributed by atoms with E-state index in [1.54, 1.807) is 0 Å². The van der Waals surface area contributed by atoms with Crippen molar-refractivity contribution < 1.29 is 0 Å². The van der Waals surface area contributed by atoms with Gasteiger partial charge in [0.25, 0.3) is 0 Å². The lowest BCUT2D eigenvalue weighted by atomic mass is 9.99. The fourth-order valence-electron chi connectivity index (χ4n) is 3.78. The van der Waals surface area contributed by atoms with Crippen molar-refractivity contribution in [2.24, 2.45) is 0 Å². The second-order valence-corrected chi connectivity index (χ2v) is 7.53. The first-order valence-electron chi connectivity index (χ1n) is 10.2. The third-order valence-corrected chi connectivity index (χ3v) is 5.24. The van der Waals surface area contributed by atoms with Crippen LogP contribution >= 0.6 is 0 Å². The van der Waals surface area contributed by atoms with E-state index in [4.69, 9.17) is 4.98 Å². The molecule has 0 aliphatic carbocycles. The number of aromatic amines is 1. The van der Waals surface area contributed by atoms with Gasteiger partial charge >= 0.3 is 0 Å². The van der Waals surface area contributed by atoms with Crippen molar-refractivity contribution in [2.75, 3.05) is 7.05 Å². The van der Waals surface area contributed by atoms with E-state index in [0.29, 0.717) is 0 Å². The maximum Gasteiger partial charge on any atom is 0.138 e. The molecule has 0 aromatic carbocycles. The van der Waals surface area contributed by atoms with Gasteiger partial charge in [-0.05, 0) is 61.5 Å². The van der Waals surface area contributed by atoms with E-state index in [1.165, 1.54) is 0 Å². The van der Waals surface area contributed by atoms with Gasteiger partial charge < -0.3 is 10.3 Å². The van der Waals surface area contributed by atoms with Gasteiger partial charge in [0.1, 0.15) is 5.65 Å². The average molecular weight is 406 g/mol. The van der Waals surface area contributed by atoms with E-state index in [1.807, 2.05) is 69.2 Å². The number of aromatic nitrogens is 5. The van der Waals surface area contributed by atoms with E-state index in [-0.39, 0.29) is 0 Å². The minimum atomic E-state index is 0.773. The monoisotopic (exact) mass is 406 g/mol. The highest BCUT2D eigenvalue weighted by Gasteiger charge is 2.13. The molecule has 6 nitrogen and oxygen atoms in total. The van der Waals surface area contributed by atoms with Crippen molar-refractivity contribution in [3.63, 3.8) is 0 Å². The first-order chi connectivity index (χ1) is 15.2. The van der Waals surface area contributed by atoms with Crippen molar-refractivity contribution in [2.45, 2.75) is 13.5 Å². The first-order valence-corrected chi connectivity index (χ1v) is 10.2. The maximum atomic E-state index is 4.79. The standard InChI is InChI=1S/C25H22N6/c1-16-4-3-5-23(30-16)24-10-22(21-6-7-29-25(21)31-24)20-9-19(14-28-15-20)18-8-17(11-26-2)12-27-13-18/h3-10,12-15,26H,11H2,1-2H3,(H,29,31). The van der Waals surface area contributed by atoms with Crippen LogP contribution in [0.25, 0.3) is 44.7 Å². The van der Waals surface area contributed by atoms with Crippen LogP contribution in [-0.2, 0) is 6.54 Å². The number of aryl methyl sites for hydroxylation is 1. The highest BCUT2D eigenvalue weighted by Crippen LogP contribution is 2.33. The van der Waals surface area contributed by atoms with E-state index < -0.39 is 0 Å². The highest BCUT2D eigenvalue weighted by atomic mass is 14.9. The number of nitrogens with zero attached hydrogens (tertiary/aromatic N) is 4. The highest BCUT2D eigenvalue weighted by molar-refractivity contribution is 5.95. The number of H-pyrrole nitrogens is 1. The molecule has 0 spiro atoms. The molecular formula is C25H22N6. The molecule has 0 atom stereocenters. The Balaban J connectivity index is 1.64. The topological polar surface area (TPSA) is 79.4 Å². The second-order valence-electron chi connectivity index (χ2n) is 7.53. The molecule has 5 aromatic heterocycles. The number of nitrogens with one attached hydrogen (secondary N) is 2. The Hall–Kier alpha value is -3.90. The lowest BCUT2D eigenvalue weighted by Gasteiger charge is -2.10. The zero-order chi connectivity index (χ0) is 21.2. The molecule has 0 radical (unpaired) electrons. The molecule has 0 aliphatic heterocycles. The number of hydrogen-bond donors (Lipinski definition) is 2. The van der Waals surface area contributed by atoms with Crippen molar-refractivity contribution in [1.82, 2.24) is 30.2 Å². The fourth-order valence-corrected chi connectivity index (χ4v) is 3.78. The first kappa shape index (κ1) is 19.1. The van der Waals surface area contributed by atoms with Crippen LogP contribution in [0.15, 0.2) is 73.4 Å². The van der Waals surface area contributed by atoms with Crippen LogP contribution in [0.2, 0.25) is 0 Å². The van der Waals surface area contributed by atoms with Gasteiger partial charge in [-0.15, -0.1) is 0 Å². The molecule has 0 fully saturated rings. The minimum Gasteiger partial charge on any atom is -0.346 e. The number of fused-ring (bicyclic) bond motifs is 1. The van der Waals surface area contributed by atoms with E-state index in [2.05, 4.69) is 43.5 Å². The number of rotatable bonds is 5. The maximum absolute atomic E-state index is 4.79. The molecule has 5 heterocycles. The zero-order valence-electron chi connectivity index (χ0n) is 17.4. The Labute approximate surface area is 180 Å². The number of pyridine rings is 4. The summed E-state index contributed by atoms with van der Waals surface area (Å²) >= 11 is 0. The van der Waals surface area contributed by atoms with Gasteiger partial charge in [-0.3, -0.25) is 15.0 Å². The molecule has 5 aromatic rings. The van der Waals surface area contributed by atoms with Crippen LogP contribution in [-0.4, -0.2) is 32.0 Å². The van der Waals surface area contributed by atoms with Gasteiger partial charge in [-0.25, -0.2) is 4.98 Å². The fraction of sp³-hybridized carbons (Fsp3) is 0.120. The summed E-state index contributed by atoms with van der Waals surface area (Å²) in [5, 5.41) is 4.22. The molecule has 152 valence electrons. The smallest absolute Gasteiger partial charge is 0.138 e. The molecule has 31 heavy (non-hydrogen) atoms. The Bertz CT molecular complexity index is 1370. The van der Waals surface area contributed by atoms with Crippen LogP contribution in [0.3, 0.4) is 0 Å². The lowest BCUT2D eigenvalue weighted by molar-refractivity contribution is 0.813. The molecule has 0 unspecified atom stereocenters. The summed E-state index contributed by atoms with van der Waals surface area (Å²) in [7, 11) is 1.93. The summed E-state index contributed by atoms with van der Waals surface area (Å²) in [6.45, 7) is 2.76. The Morgan fingerprint density at radius 3 is 2.48 bits per heavy atom. The molecule has 0 bridgehead atoms. The quantitative estimate of drug-likeness (QED) is 0.439. The summed E-state index contributed by atoms with van der Waals surface area (Å²) in [5.74, 6) is 0. The minimum absolute atomic E-state index is 0.773. The molecule has 0 aliphatic rings. The molecule has 6 heteroatoms. The molecule has 0 saturated carbocycles. The van der Waals surface area contributed by atoms with Crippen LogP contribution < -0.4 is 5.32 Å². The third-order valence-electron chi connectivity index (χ3n) is 5.24. The SMILES string of the molecule is CNCc1cncc(-c2cncc(-c3cc(-c4cccc(C)n4)nc4[nH]ccc34)c2)c1. The van der Waals surface area contributed by atoms with E-state index in [0.717, 1.165) is 62.5 Å². The van der Waals surface area contributed by atoms with Crippen LogP contribution in [0.5, 0.6) is 0 Å². The Kier molecular flexibility index (Phi) is 4.98. The van der Waals surface area contributed by atoms with Crippen LogP contribution in [0, 0.1) is 6.92 Å². The predicted octanol–water partition coefficient (Wildman–Crippen LogP) is 4.78. The van der Waals surface area contributed by atoms with Crippen molar-refractivity contribution in [1.29, 1.82) is 0 Å². The van der Waals surface area contributed by atoms with Crippen molar-refractivity contribution in [3.05, 3.63) is 84.7 Å². The Morgan fingerprint density at radius 1 is 0.839 bits per heavy atom. The van der Waals surface area contributed by atoms with Crippen LogP contribution in [0.4, 0.5) is 0 Å². The molecule has 5 rings (SSSR count).